The molecule has 0 aromatic heterocycles. The summed E-state index contributed by atoms with van der Waals surface area (Å²) in [4.78, 5) is 19.5. The van der Waals surface area contributed by atoms with E-state index in [1.54, 1.807) is 4.90 Å². The summed E-state index contributed by atoms with van der Waals surface area (Å²) in [7, 11) is 1.45. The molecule has 5 heterocycles. The number of hydroxylamine groups is 1. The number of carbonyl (C=O) groups excluding carboxylic acids is 1. The molecule has 5 atom stereocenters. The molecule has 5 fully saturated rings. The molecule has 0 aromatic rings. The first kappa shape index (κ1) is 19.0. The Balaban J connectivity index is 1.13. The van der Waals surface area contributed by atoms with E-state index in [9.17, 15) is 4.79 Å². The fraction of sp³-hybridized carbons (Fsp3) is 0.947. The monoisotopic (exact) mass is 395 g/mol. The molecule has 9 heteroatoms. The second-order valence-corrected chi connectivity index (χ2v) is 8.95. The van der Waals surface area contributed by atoms with E-state index in [2.05, 4.69) is 21.2 Å². The maximum absolute atomic E-state index is 11.7. The summed E-state index contributed by atoms with van der Waals surface area (Å²) in [5.41, 5.74) is 6.93. The van der Waals surface area contributed by atoms with Crippen molar-refractivity contribution in [1.82, 2.24) is 26.1 Å². The van der Waals surface area contributed by atoms with Crippen LogP contribution >= 0.6 is 0 Å². The van der Waals surface area contributed by atoms with Crippen molar-refractivity contribution in [1.29, 1.82) is 0 Å². The van der Waals surface area contributed by atoms with Crippen molar-refractivity contribution in [2.24, 2.45) is 11.8 Å². The topological polar surface area (TPSA) is 87.3 Å². The molecule has 0 radical (unpaired) electrons. The summed E-state index contributed by atoms with van der Waals surface area (Å²) >= 11 is 0. The third-order valence-corrected chi connectivity index (χ3v) is 7.44. The number of piperidine rings is 2. The zero-order valence-corrected chi connectivity index (χ0v) is 16.6. The lowest BCUT2D eigenvalue weighted by Crippen LogP contribution is -2.59. The number of rotatable bonds is 3. The van der Waals surface area contributed by atoms with Gasteiger partial charge >= 0.3 is 6.09 Å². The van der Waals surface area contributed by atoms with Crippen molar-refractivity contribution in [3.63, 3.8) is 0 Å². The summed E-state index contributed by atoms with van der Waals surface area (Å²) in [5.74, 6) is 1.23. The molecule has 5 aliphatic rings. The van der Waals surface area contributed by atoms with Gasteiger partial charge in [0.1, 0.15) is 0 Å². The van der Waals surface area contributed by atoms with Crippen LogP contribution in [0.5, 0.6) is 0 Å². The number of hydrogen-bond acceptors (Lipinski definition) is 8. The van der Waals surface area contributed by atoms with Gasteiger partial charge in [-0.05, 0) is 31.6 Å². The van der Waals surface area contributed by atoms with Crippen LogP contribution in [0, 0.1) is 11.8 Å². The molecule has 5 saturated heterocycles. The number of nitrogens with zero attached hydrogens (tertiary/aromatic N) is 2. The molecule has 5 unspecified atom stereocenters. The van der Waals surface area contributed by atoms with Crippen LogP contribution in [0.25, 0.3) is 0 Å². The molecule has 28 heavy (non-hydrogen) atoms. The Kier molecular flexibility index (Phi) is 5.46. The lowest BCUT2D eigenvalue weighted by molar-refractivity contribution is -0.0958. The molecule has 1 amide bonds. The van der Waals surface area contributed by atoms with Crippen molar-refractivity contribution in [3.8, 4) is 0 Å². The number of carbonyl (C=O) groups is 1. The van der Waals surface area contributed by atoms with Crippen molar-refractivity contribution in [2.75, 3.05) is 46.5 Å². The SMILES string of the molecule is COC(=O)N1CCC(C2CC(C3CC4C(CN3)CNN4C3COC3)ON2)CC1. The predicted molar refractivity (Wildman–Crippen MR) is 101 cm³/mol. The lowest BCUT2D eigenvalue weighted by Gasteiger charge is -2.43. The normalized spacial score (nSPS) is 40.3. The van der Waals surface area contributed by atoms with Gasteiger partial charge in [-0.1, -0.05) is 0 Å². The largest absolute Gasteiger partial charge is 0.453 e. The zero-order valence-electron chi connectivity index (χ0n) is 16.6. The zero-order chi connectivity index (χ0) is 19.1. The molecule has 0 aromatic carbocycles. The number of amides is 1. The Morgan fingerprint density at radius 2 is 1.89 bits per heavy atom. The van der Waals surface area contributed by atoms with Crippen LogP contribution in [0.1, 0.15) is 25.7 Å². The van der Waals surface area contributed by atoms with Gasteiger partial charge in [0.05, 0.1) is 32.5 Å². The van der Waals surface area contributed by atoms with Crippen LogP contribution < -0.4 is 16.2 Å². The number of hydrogen-bond donors (Lipinski definition) is 3. The first-order valence-corrected chi connectivity index (χ1v) is 10.8. The highest BCUT2D eigenvalue weighted by Crippen LogP contribution is 2.33. The maximum atomic E-state index is 11.7. The molecule has 0 saturated carbocycles. The number of methoxy groups -OCH3 is 1. The summed E-state index contributed by atoms with van der Waals surface area (Å²) in [6.45, 7) is 5.36. The van der Waals surface area contributed by atoms with Gasteiger partial charge in [0, 0.05) is 50.2 Å². The van der Waals surface area contributed by atoms with Gasteiger partial charge in [-0.2, -0.15) is 5.48 Å². The summed E-state index contributed by atoms with van der Waals surface area (Å²) in [6, 6.07) is 1.87. The second kappa shape index (κ2) is 8.04. The average Bonchev–Trinajstić information content (AvgIpc) is 3.34. The van der Waals surface area contributed by atoms with Crippen LogP contribution in [0.15, 0.2) is 0 Å². The van der Waals surface area contributed by atoms with Crippen molar-refractivity contribution >= 4 is 6.09 Å². The Hall–Kier alpha value is -0.970. The van der Waals surface area contributed by atoms with Gasteiger partial charge < -0.3 is 19.7 Å². The summed E-state index contributed by atoms with van der Waals surface area (Å²) in [6.07, 6.45) is 4.17. The van der Waals surface area contributed by atoms with Gasteiger partial charge in [0.15, 0.2) is 0 Å². The first-order chi connectivity index (χ1) is 13.7. The van der Waals surface area contributed by atoms with E-state index in [1.807, 2.05) is 0 Å². The number of fused-ring (bicyclic) bond motifs is 1. The lowest BCUT2D eigenvalue weighted by atomic mass is 9.83. The first-order valence-electron chi connectivity index (χ1n) is 10.8. The van der Waals surface area contributed by atoms with Gasteiger partial charge in [-0.25, -0.2) is 9.80 Å². The number of nitrogens with one attached hydrogen (secondary N) is 3. The fourth-order valence-corrected chi connectivity index (χ4v) is 5.60. The van der Waals surface area contributed by atoms with Crippen LogP contribution in [-0.4, -0.2) is 92.8 Å². The third-order valence-electron chi connectivity index (χ3n) is 7.44. The summed E-state index contributed by atoms with van der Waals surface area (Å²) in [5, 5.41) is 6.21. The molecule has 3 N–H and O–H groups in total. The quantitative estimate of drug-likeness (QED) is 0.600. The highest BCUT2D eigenvalue weighted by molar-refractivity contribution is 5.67. The average molecular weight is 396 g/mol. The molecule has 9 nitrogen and oxygen atoms in total. The molecule has 0 bridgehead atoms. The van der Waals surface area contributed by atoms with Gasteiger partial charge in [-0.3, -0.25) is 10.3 Å². The Morgan fingerprint density at radius 3 is 2.61 bits per heavy atom. The van der Waals surface area contributed by atoms with Crippen LogP contribution in [0.4, 0.5) is 4.79 Å². The predicted octanol–water partition coefficient (Wildman–Crippen LogP) is -0.307. The smallest absolute Gasteiger partial charge is 0.409 e. The van der Waals surface area contributed by atoms with Crippen LogP contribution in [0.2, 0.25) is 0 Å². The number of hydrazine groups is 1. The molecule has 0 aliphatic carbocycles. The minimum Gasteiger partial charge on any atom is -0.453 e. The second-order valence-electron chi connectivity index (χ2n) is 8.95. The molecule has 0 spiro atoms. The van der Waals surface area contributed by atoms with Crippen molar-refractivity contribution in [3.05, 3.63) is 0 Å². The van der Waals surface area contributed by atoms with E-state index < -0.39 is 0 Å². The molecular weight excluding hydrogens is 362 g/mol. The van der Waals surface area contributed by atoms with E-state index in [0.717, 1.165) is 65.1 Å². The van der Waals surface area contributed by atoms with Crippen molar-refractivity contribution in [2.45, 2.75) is 56.0 Å². The molecule has 5 rings (SSSR count). The van der Waals surface area contributed by atoms with Gasteiger partial charge in [0.2, 0.25) is 0 Å². The standard InChI is InChI=1S/C19H33N5O4/c1-26-19(25)23-4-2-12(3-5-23)15-7-18(28-22-15)16-6-17-13(8-20-16)9-21-24(17)14-10-27-11-14/h12-18,20-22H,2-11H2,1H3. The van der Waals surface area contributed by atoms with Crippen molar-refractivity contribution < 1.29 is 19.1 Å². The third kappa shape index (κ3) is 3.53. The van der Waals surface area contributed by atoms with E-state index in [4.69, 9.17) is 14.3 Å². The minimum absolute atomic E-state index is 0.209. The van der Waals surface area contributed by atoms with Crippen LogP contribution in [-0.2, 0) is 14.3 Å². The highest BCUT2D eigenvalue weighted by Gasteiger charge is 2.47. The molecular formula is C19H33N5O4. The summed E-state index contributed by atoms with van der Waals surface area (Å²) < 4.78 is 10.2. The highest BCUT2D eigenvalue weighted by atomic mass is 16.7. The van der Waals surface area contributed by atoms with E-state index >= 15 is 0 Å². The number of ether oxygens (including phenoxy) is 2. The maximum Gasteiger partial charge on any atom is 0.409 e. The molecule has 158 valence electrons. The Bertz CT molecular complexity index is 569. The fourth-order valence-electron chi connectivity index (χ4n) is 5.60. The number of likely N-dealkylation sites (tertiary alicyclic amines) is 1. The molecule has 5 aliphatic heterocycles. The Morgan fingerprint density at radius 1 is 1.07 bits per heavy atom. The van der Waals surface area contributed by atoms with Crippen LogP contribution in [0.3, 0.4) is 0 Å². The Labute approximate surface area is 166 Å². The van der Waals surface area contributed by atoms with E-state index in [1.165, 1.54) is 7.11 Å². The van der Waals surface area contributed by atoms with Gasteiger partial charge in [-0.15, -0.1) is 0 Å². The van der Waals surface area contributed by atoms with E-state index in [-0.39, 0.29) is 12.2 Å². The minimum atomic E-state index is -0.209. The van der Waals surface area contributed by atoms with Gasteiger partial charge in [0.25, 0.3) is 0 Å². The van der Waals surface area contributed by atoms with E-state index in [0.29, 0.717) is 36.0 Å².